The lowest BCUT2D eigenvalue weighted by Gasteiger charge is -2.39. The Morgan fingerprint density at radius 1 is 0.938 bits per heavy atom. The van der Waals surface area contributed by atoms with E-state index in [0.29, 0.717) is 0 Å². The first kappa shape index (κ1) is 14.0. The minimum absolute atomic E-state index is 0.957. The van der Waals surface area contributed by atoms with E-state index >= 15 is 0 Å². The molecular formula is C15H31N. The van der Waals surface area contributed by atoms with Crippen molar-refractivity contribution in [1.82, 2.24) is 4.90 Å². The highest BCUT2D eigenvalue weighted by Crippen LogP contribution is 2.27. The Morgan fingerprint density at radius 2 is 1.62 bits per heavy atom. The minimum atomic E-state index is 0.957. The van der Waals surface area contributed by atoms with Crippen LogP contribution >= 0.6 is 0 Å². The van der Waals surface area contributed by atoms with E-state index in [1.54, 1.807) is 0 Å². The first-order chi connectivity index (χ1) is 7.90. The van der Waals surface area contributed by atoms with E-state index in [0.717, 1.165) is 12.0 Å². The number of nitrogens with zero attached hydrogens (tertiary/aromatic N) is 1. The van der Waals surface area contributed by atoms with Gasteiger partial charge in [0, 0.05) is 12.6 Å². The lowest BCUT2D eigenvalue weighted by molar-refractivity contribution is 0.0972. The van der Waals surface area contributed by atoms with Crippen LogP contribution in [0.3, 0.4) is 0 Å². The van der Waals surface area contributed by atoms with Gasteiger partial charge in [0.2, 0.25) is 0 Å². The van der Waals surface area contributed by atoms with Gasteiger partial charge in [0.05, 0.1) is 0 Å². The topological polar surface area (TPSA) is 3.24 Å². The van der Waals surface area contributed by atoms with Gasteiger partial charge in [-0.25, -0.2) is 0 Å². The van der Waals surface area contributed by atoms with E-state index in [4.69, 9.17) is 0 Å². The van der Waals surface area contributed by atoms with E-state index in [2.05, 4.69) is 11.8 Å². The number of rotatable bonds is 2. The summed E-state index contributed by atoms with van der Waals surface area (Å²) in [6, 6.07) is 0.957. The Labute approximate surface area is 103 Å². The molecule has 1 heterocycles. The van der Waals surface area contributed by atoms with Gasteiger partial charge in [-0.2, -0.15) is 0 Å². The molecule has 0 N–H and O–H groups in total. The molecule has 0 spiro atoms. The van der Waals surface area contributed by atoms with Crippen LogP contribution < -0.4 is 0 Å². The van der Waals surface area contributed by atoms with Crippen molar-refractivity contribution >= 4 is 0 Å². The normalized spacial score (nSPS) is 28.3. The van der Waals surface area contributed by atoms with Crippen LogP contribution in [0.25, 0.3) is 0 Å². The fourth-order valence-corrected chi connectivity index (χ4v) is 3.21. The molecule has 1 unspecified atom stereocenters. The second-order valence-electron chi connectivity index (χ2n) is 5.20. The van der Waals surface area contributed by atoms with Gasteiger partial charge in [-0.15, -0.1) is 0 Å². The summed E-state index contributed by atoms with van der Waals surface area (Å²) in [6.45, 7) is 9.15. The Hall–Kier alpha value is -0.0400. The molecule has 2 rings (SSSR count). The van der Waals surface area contributed by atoms with Crippen molar-refractivity contribution in [2.24, 2.45) is 5.92 Å². The molecule has 16 heavy (non-hydrogen) atoms. The molecule has 2 aliphatic rings. The van der Waals surface area contributed by atoms with Crippen molar-refractivity contribution in [3.05, 3.63) is 0 Å². The molecule has 0 aromatic heterocycles. The maximum atomic E-state index is 2.80. The first-order valence-electron chi connectivity index (χ1n) is 7.64. The summed E-state index contributed by atoms with van der Waals surface area (Å²) in [6.07, 6.45) is 11.8. The molecule has 1 heteroatoms. The molecule has 1 aliphatic carbocycles. The van der Waals surface area contributed by atoms with Crippen LogP contribution in [-0.2, 0) is 0 Å². The average Bonchev–Trinajstić information content (AvgIpc) is 2.42. The van der Waals surface area contributed by atoms with Crippen LogP contribution in [-0.4, -0.2) is 24.0 Å². The van der Waals surface area contributed by atoms with Crippen LogP contribution in [0, 0.1) is 5.92 Å². The van der Waals surface area contributed by atoms with Crippen LogP contribution in [0.5, 0.6) is 0 Å². The van der Waals surface area contributed by atoms with E-state index in [1.807, 2.05) is 13.8 Å². The zero-order valence-electron chi connectivity index (χ0n) is 11.7. The zero-order chi connectivity index (χ0) is 11.8. The number of piperidine rings is 1. The van der Waals surface area contributed by atoms with E-state index in [-0.39, 0.29) is 0 Å². The largest absolute Gasteiger partial charge is 0.300 e. The number of likely N-dealkylation sites (tertiary alicyclic amines) is 1. The van der Waals surface area contributed by atoms with Crippen molar-refractivity contribution in [2.75, 3.05) is 13.1 Å². The van der Waals surface area contributed by atoms with Crippen molar-refractivity contribution in [3.8, 4) is 0 Å². The molecule has 0 aromatic rings. The molecule has 1 atom stereocenters. The summed E-state index contributed by atoms with van der Waals surface area (Å²) in [4.78, 5) is 2.80. The van der Waals surface area contributed by atoms with Gasteiger partial charge < -0.3 is 4.90 Å². The predicted octanol–water partition coefficient (Wildman–Crippen LogP) is 4.47. The van der Waals surface area contributed by atoms with Gasteiger partial charge in [-0.05, 0) is 38.1 Å². The Morgan fingerprint density at radius 3 is 2.25 bits per heavy atom. The van der Waals surface area contributed by atoms with E-state index in [9.17, 15) is 0 Å². The summed E-state index contributed by atoms with van der Waals surface area (Å²) >= 11 is 0. The average molecular weight is 225 g/mol. The molecule has 0 amide bonds. The summed E-state index contributed by atoms with van der Waals surface area (Å²) in [5, 5.41) is 0. The second-order valence-corrected chi connectivity index (χ2v) is 5.20. The van der Waals surface area contributed by atoms with E-state index < -0.39 is 0 Å². The highest BCUT2D eigenvalue weighted by atomic mass is 15.2. The molecule has 0 radical (unpaired) electrons. The van der Waals surface area contributed by atoms with Gasteiger partial charge >= 0.3 is 0 Å². The lowest BCUT2D eigenvalue weighted by atomic mass is 9.89. The van der Waals surface area contributed by atoms with Crippen molar-refractivity contribution in [1.29, 1.82) is 0 Å². The summed E-state index contributed by atoms with van der Waals surface area (Å²) in [5.41, 5.74) is 0. The fourth-order valence-electron chi connectivity index (χ4n) is 3.21. The van der Waals surface area contributed by atoms with Gasteiger partial charge in [0.15, 0.2) is 0 Å². The van der Waals surface area contributed by atoms with Crippen LogP contribution in [0.4, 0.5) is 0 Å². The summed E-state index contributed by atoms with van der Waals surface area (Å²) in [7, 11) is 0. The van der Waals surface area contributed by atoms with Crippen molar-refractivity contribution < 1.29 is 0 Å². The van der Waals surface area contributed by atoms with Gasteiger partial charge in [-0.1, -0.05) is 46.5 Å². The third kappa shape index (κ3) is 4.08. The standard InChI is InChI=1S/C13H25N.C2H6/c1-2-12-7-6-10-14(11-12)13-8-4-3-5-9-13;1-2/h12-13H,2-11H2,1H3;1-2H3. The lowest BCUT2D eigenvalue weighted by Crippen LogP contribution is -2.43. The van der Waals surface area contributed by atoms with E-state index in [1.165, 1.54) is 64.5 Å². The van der Waals surface area contributed by atoms with Gasteiger partial charge in [0.1, 0.15) is 0 Å². The molecule has 0 bridgehead atoms. The van der Waals surface area contributed by atoms with Gasteiger partial charge in [0.25, 0.3) is 0 Å². The Balaban J connectivity index is 0.000000606. The predicted molar refractivity (Wildman–Crippen MR) is 72.8 cm³/mol. The molecule has 1 saturated heterocycles. The molecular weight excluding hydrogens is 194 g/mol. The summed E-state index contributed by atoms with van der Waals surface area (Å²) < 4.78 is 0. The maximum Gasteiger partial charge on any atom is 0.00953 e. The first-order valence-corrected chi connectivity index (χ1v) is 7.64. The highest BCUT2D eigenvalue weighted by Gasteiger charge is 2.25. The summed E-state index contributed by atoms with van der Waals surface area (Å²) in [5.74, 6) is 1.01. The zero-order valence-corrected chi connectivity index (χ0v) is 11.7. The number of hydrogen-bond donors (Lipinski definition) is 0. The highest BCUT2D eigenvalue weighted by molar-refractivity contribution is 4.80. The smallest absolute Gasteiger partial charge is 0.00953 e. The third-order valence-electron chi connectivity index (χ3n) is 4.22. The molecule has 96 valence electrons. The molecule has 0 aromatic carbocycles. The SMILES string of the molecule is CC.CCC1CCCN(C2CCCCC2)C1. The fraction of sp³-hybridized carbons (Fsp3) is 1.00. The molecule has 2 fully saturated rings. The molecule has 1 nitrogen and oxygen atoms in total. The van der Waals surface area contributed by atoms with Crippen LogP contribution in [0.2, 0.25) is 0 Å². The monoisotopic (exact) mass is 225 g/mol. The van der Waals surface area contributed by atoms with Gasteiger partial charge in [-0.3, -0.25) is 0 Å². The maximum absolute atomic E-state index is 2.80. The van der Waals surface area contributed by atoms with Crippen LogP contribution in [0.15, 0.2) is 0 Å². The quantitative estimate of drug-likeness (QED) is 0.670. The second kappa shape index (κ2) is 8.11. The van der Waals surface area contributed by atoms with Crippen LogP contribution in [0.1, 0.15) is 72.1 Å². The molecule has 1 aliphatic heterocycles. The minimum Gasteiger partial charge on any atom is -0.300 e. The molecule has 1 saturated carbocycles. The third-order valence-corrected chi connectivity index (χ3v) is 4.22. The Bertz CT molecular complexity index is 161. The Kier molecular flexibility index (Phi) is 7.11. The number of hydrogen-bond acceptors (Lipinski definition) is 1. The van der Waals surface area contributed by atoms with Crippen molar-refractivity contribution in [2.45, 2.75) is 78.2 Å². The van der Waals surface area contributed by atoms with Crippen molar-refractivity contribution in [3.63, 3.8) is 0 Å².